The van der Waals surface area contributed by atoms with Crippen LogP contribution >= 0.6 is 0 Å². The van der Waals surface area contributed by atoms with Gasteiger partial charge in [0.15, 0.2) is 11.3 Å². The molecule has 1 aromatic carbocycles. The van der Waals surface area contributed by atoms with E-state index in [2.05, 4.69) is 10.0 Å². The molecule has 0 N–H and O–H groups in total. The van der Waals surface area contributed by atoms with Gasteiger partial charge in [-0.3, -0.25) is 0 Å². The van der Waals surface area contributed by atoms with Gasteiger partial charge in [0.1, 0.15) is 5.76 Å². The van der Waals surface area contributed by atoms with Crippen LogP contribution in [-0.4, -0.2) is 7.11 Å². The van der Waals surface area contributed by atoms with Gasteiger partial charge < -0.3 is 9.15 Å². The predicted octanol–water partition coefficient (Wildman–Crippen LogP) is 4.38. The lowest BCUT2D eigenvalue weighted by atomic mass is 10.0. The van der Waals surface area contributed by atoms with E-state index in [1.165, 1.54) is 0 Å². The Kier molecular flexibility index (Phi) is 3.44. The molecule has 0 bridgehead atoms. The van der Waals surface area contributed by atoms with Gasteiger partial charge in [-0.25, -0.2) is 0 Å². The number of methoxy groups -OCH3 is 1. The molecular formula is C13H15N3O2. The van der Waals surface area contributed by atoms with Crippen molar-refractivity contribution in [1.82, 2.24) is 0 Å². The van der Waals surface area contributed by atoms with Gasteiger partial charge in [-0.05, 0) is 11.6 Å². The quantitative estimate of drug-likeness (QED) is 0.455. The number of para-hydroxylation sites is 1. The summed E-state index contributed by atoms with van der Waals surface area (Å²) < 4.78 is 11.2. The van der Waals surface area contributed by atoms with Crippen molar-refractivity contribution in [3.05, 3.63) is 40.0 Å². The highest BCUT2D eigenvalue weighted by molar-refractivity contribution is 5.87. The Labute approximate surface area is 105 Å². The van der Waals surface area contributed by atoms with Gasteiger partial charge in [0, 0.05) is 21.8 Å². The van der Waals surface area contributed by atoms with E-state index >= 15 is 0 Å². The zero-order valence-corrected chi connectivity index (χ0v) is 10.7. The highest BCUT2D eigenvalue weighted by atomic mass is 16.5. The van der Waals surface area contributed by atoms with Crippen LogP contribution in [0.15, 0.2) is 27.7 Å². The predicted molar refractivity (Wildman–Crippen MR) is 69.7 cm³/mol. The molecule has 5 heteroatoms. The summed E-state index contributed by atoms with van der Waals surface area (Å²) in [4.78, 5) is 2.81. The summed E-state index contributed by atoms with van der Waals surface area (Å²) in [6.07, 6.45) is 0. The van der Waals surface area contributed by atoms with Crippen molar-refractivity contribution >= 4 is 11.0 Å². The van der Waals surface area contributed by atoms with E-state index < -0.39 is 0 Å². The molecule has 1 heterocycles. The number of nitrogens with zero attached hydrogens (tertiary/aromatic N) is 3. The molecule has 0 spiro atoms. The third-order valence-corrected chi connectivity index (χ3v) is 2.85. The number of azide groups is 1. The van der Waals surface area contributed by atoms with Crippen LogP contribution in [0.1, 0.15) is 31.1 Å². The van der Waals surface area contributed by atoms with Crippen LogP contribution in [-0.2, 0) is 6.54 Å². The van der Waals surface area contributed by atoms with Crippen molar-refractivity contribution in [2.45, 2.75) is 26.3 Å². The second-order valence-corrected chi connectivity index (χ2v) is 4.33. The molecule has 0 amide bonds. The van der Waals surface area contributed by atoms with E-state index in [1.807, 2.05) is 32.0 Å². The first-order valence-electron chi connectivity index (χ1n) is 5.78. The molecule has 0 aliphatic rings. The second kappa shape index (κ2) is 5.02. The summed E-state index contributed by atoms with van der Waals surface area (Å²) in [5, 5.41) is 4.59. The average Bonchev–Trinajstić information content (AvgIpc) is 2.75. The lowest BCUT2D eigenvalue weighted by molar-refractivity contribution is 0.405. The molecule has 0 unspecified atom stereocenters. The first kappa shape index (κ1) is 12.3. The molecule has 94 valence electrons. The Bertz CT molecular complexity index is 610. The van der Waals surface area contributed by atoms with Crippen molar-refractivity contribution in [3.8, 4) is 5.75 Å². The minimum Gasteiger partial charge on any atom is -0.493 e. The number of furan rings is 1. The summed E-state index contributed by atoms with van der Waals surface area (Å²) in [7, 11) is 1.61. The minimum atomic E-state index is 0.228. The van der Waals surface area contributed by atoms with Crippen LogP contribution in [0.25, 0.3) is 21.4 Å². The minimum absolute atomic E-state index is 0.228. The van der Waals surface area contributed by atoms with Crippen molar-refractivity contribution < 1.29 is 9.15 Å². The van der Waals surface area contributed by atoms with E-state index in [0.717, 1.165) is 16.7 Å². The molecule has 0 atom stereocenters. The Hall–Kier alpha value is -2.13. The van der Waals surface area contributed by atoms with Gasteiger partial charge in [-0.1, -0.05) is 31.1 Å². The standard InChI is InChI=1S/C13H15N3O2/c1-8(2)12-10(7-15-16-14)9-5-4-6-11(17-3)13(9)18-12/h4-6,8H,7H2,1-3H3. The molecule has 0 aliphatic carbocycles. The van der Waals surface area contributed by atoms with Crippen LogP contribution in [0.3, 0.4) is 0 Å². The average molecular weight is 245 g/mol. The fourth-order valence-electron chi connectivity index (χ4n) is 2.06. The van der Waals surface area contributed by atoms with E-state index in [0.29, 0.717) is 17.9 Å². The van der Waals surface area contributed by atoms with Gasteiger partial charge in [0.25, 0.3) is 0 Å². The Morgan fingerprint density at radius 1 is 1.44 bits per heavy atom. The maximum atomic E-state index is 8.47. The molecule has 18 heavy (non-hydrogen) atoms. The topological polar surface area (TPSA) is 71.1 Å². The first-order chi connectivity index (χ1) is 8.69. The smallest absolute Gasteiger partial charge is 0.176 e. The molecular weight excluding hydrogens is 230 g/mol. The maximum Gasteiger partial charge on any atom is 0.176 e. The lowest BCUT2D eigenvalue weighted by Crippen LogP contribution is -1.90. The third kappa shape index (κ3) is 2.00. The molecule has 0 radical (unpaired) electrons. The second-order valence-electron chi connectivity index (χ2n) is 4.33. The molecule has 0 saturated heterocycles. The largest absolute Gasteiger partial charge is 0.493 e. The van der Waals surface area contributed by atoms with Crippen LogP contribution in [0.4, 0.5) is 0 Å². The van der Waals surface area contributed by atoms with Crippen molar-refractivity contribution in [1.29, 1.82) is 0 Å². The molecule has 5 nitrogen and oxygen atoms in total. The number of ether oxygens (including phenoxy) is 1. The summed E-state index contributed by atoms with van der Waals surface area (Å²) in [6, 6.07) is 5.71. The number of rotatable bonds is 4. The van der Waals surface area contributed by atoms with Crippen molar-refractivity contribution in [3.63, 3.8) is 0 Å². The molecule has 1 aromatic heterocycles. The summed E-state index contributed by atoms with van der Waals surface area (Å²) >= 11 is 0. The van der Waals surface area contributed by atoms with E-state index in [-0.39, 0.29) is 5.92 Å². The molecule has 2 aromatic rings. The van der Waals surface area contributed by atoms with Gasteiger partial charge >= 0.3 is 0 Å². The molecule has 0 aliphatic heterocycles. The van der Waals surface area contributed by atoms with Gasteiger partial charge in [-0.2, -0.15) is 0 Å². The van der Waals surface area contributed by atoms with Crippen molar-refractivity contribution in [2.75, 3.05) is 7.11 Å². The number of hydrogen-bond acceptors (Lipinski definition) is 3. The van der Waals surface area contributed by atoms with E-state index in [4.69, 9.17) is 14.7 Å². The Morgan fingerprint density at radius 2 is 2.22 bits per heavy atom. The van der Waals surface area contributed by atoms with Gasteiger partial charge in [-0.15, -0.1) is 0 Å². The van der Waals surface area contributed by atoms with Crippen LogP contribution in [0, 0.1) is 0 Å². The zero-order chi connectivity index (χ0) is 13.1. The van der Waals surface area contributed by atoms with Crippen molar-refractivity contribution in [2.24, 2.45) is 5.11 Å². The van der Waals surface area contributed by atoms with E-state index in [9.17, 15) is 0 Å². The Balaban J connectivity index is 2.70. The number of benzene rings is 1. The fraction of sp³-hybridized carbons (Fsp3) is 0.385. The summed E-state index contributed by atoms with van der Waals surface area (Å²) in [5.41, 5.74) is 10.1. The normalized spacial score (nSPS) is 10.7. The van der Waals surface area contributed by atoms with Gasteiger partial charge in [0.05, 0.1) is 13.7 Å². The maximum absolute atomic E-state index is 8.47. The number of hydrogen-bond donors (Lipinski definition) is 0. The first-order valence-corrected chi connectivity index (χ1v) is 5.78. The number of fused-ring (bicyclic) bond motifs is 1. The van der Waals surface area contributed by atoms with Gasteiger partial charge in [0.2, 0.25) is 0 Å². The molecule has 2 rings (SSSR count). The fourth-order valence-corrected chi connectivity index (χ4v) is 2.06. The molecule has 0 saturated carbocycles. The Morgan fingerprint density at radius 3 is 2.83 bits per heavy atom. The van der Waals surface area contributed by atoms with E-state index in [1.54, 1.807) is 7.11 Å². The summed E-state index contributed by atoms with van der Waals surface area (Å²) in [6.45, 7) is 4.39. The summed E-state index contributed by atoms with van der Waals surface area (Å²) in [5.74, 6) is 1.77. The monoisotopic (exact) mass is 245 g/mol. The van der Waals surface area contributed by atoms with Crippen LogP contribution in [0.5, 0.6) is 5.75 Å². The van der Waals surface area contributed by atoms with Crippen LogP contribution in [0.2, 0.25) is 0 Å². The zero-order valence-electron chi connectivity index (χ0n) is 10.7. The third-order valence-electron chi connectivity index (χ3n) is 2.85. The highest BCUT2D eigenvalue weighted by Crippen LogP contribution is 2.36. The SMILES string of the molecule is COc1cccc2c(CN=[N+]=[N-])c(C(C)C)oc12. The molecule has 0 fully saturated rings. The lowest BCUT2D eigenvalue weighted by Gasteiger charge is -2.02. The van der Waals surface area contributed by atoms with Crippen LogP contribution < -0.4 is 4.74 Å². The highest BCUT2D eigenvalue weighted by Gasteiger charge is 2.18.